The molecule has 1 aliphatic rings. The smallest absolute Gasteiger partial charge is 0.132 e. The molecular formula is C10H18N4S. The van der Waals surface area contributed by atoms with Crippen LogP contribution < -0.4 is 5.73 Å². The molecule has 84 valence electrons. The molecule has 0 unspecified atom stereocenters. The highest BCUT2D eigenvalue weighted by atomic mass is 32.1. The van der Waals surface area contributed by atoms with Crippen molar-refractivity contribution in [2.24, 2.45) is 0 Å². The van der Waals surface area contributed by atoms with Crippen LogP contribution in [0.3, 0.4) is 0 Å². The zero-order valence-electron chi connectivity index (χ0n) is 9.31. The lowest BCUT2D eigenvalue weighted by Gasteiger charge is -2.38. The quantitative estimate of drug-likeness (QED) is 0.836. The van der Waals surface area contributed by atoms with Gasteiger partial charge in [0.05, 0.1) is 0 Å². The Labute approximate surface area is 94.6 Å². The number of likely N-dealkylation sites (tertiary alicyclic amines) is 1. The van der Waals surface area contributed by atoms with Gasteiger partial charge in [-0.25, -0.2) is 0 Å². The number of nitrogens with two attached hydrogens (primary N) is 1. The van der Waals surface area contributed by atoms with Crippen molar-refractivity contribution in [3.63, 3.8) is 0 Å². The van der Waals surface area contributed by atoms with Crippen molar-refractivity contribution >= 4 is 16.5 Å². The van der Waals surface area contributed by atoms with Crippen molar-refractivity contribution in [3.05, 3.63) is 5.69 Å². The average molecular weight is 226 g/mol. The third kappa shape index (κ3) is 2.29. The molecule has 1 aliphatic heterocycles. The molecule has 2 N–H and O–H groups in total. The summed E-state index contributed by atoms with van der Waals surface area (Å²) in [6, 6.07) is 1.27. The second-order valence-corrected chi connectivity index (χ2v) is 5.17. The van der Waals surface area contributed by atoms with Crippen LogP contribution in [0, 0.1) is 0 Å². The number of hydrogen-bond donors (Lipinski definition) is 1. The van der Waals surface area contributed by atoms with Gasteiger partial charge in [0, 0.05) is 30.2 Å². The summed E-state index contributed by atoms with van der Waals surface area (Å²) in [5.41, 5.74) is 6.76. The van der Waals surface area contributed by atoms with Gasteiger partial charge in [-0.1, -0.05) is 10.9 Å². The molecule has 0 aliphatic carbocycles. The highest BCUT2D eigenvalue weighted by Crippen LogP contribution is 2.25. The third-order valence-corrected chi connectivity index (χ3v) is 3.89. The van der Waals surface area contributed by atoms with E-state index in [9.17, 15) is 0 Å². The lowest BCUT2D eigenvalue weighted by atomic mass is 9.97. The van der Waals surface area contributed by atoms with Gasteiger partial charge in [-0.3, -0.25) is 4.90 Å². The van der Waals surface area contributed by atoms with Crippen molar-refractivity contribution in [1.29, 1.82) is 0 Å². The lowest BCUT2D eigenvalue weighted by molar-refractivity contribution is 0.0940. The molecule has 0 bridgehead atoms. The molecule has 1 saturated heterocycles. The van der Waals surface area contributed by atoms with Gasteiger partial charge in [0.2, 0.25) is 0 Å². The first kappa shape index (κ1) is 10.8. The van der Waals surface area contributed by atoms with Gasteiger partial charge in [-0.15, -0.1) is 5.10 Å². The number of anilines is 1. The molecule has 2 atom stereocenters. The normalized spacial score (nSPS) is 28.1. The van der Waals surface area contributed by atoms with Crippen LogP contribution in [0.2, 0.25) is 0 Å². The van der Waals surface area contributed by atoms with Crippen LogP contribution in [0.4, 0.5) is 5.00 Å². The Morgan fingerprint density at radius 1 is 1.40 bits per heavy atom. The van der Waals surface area contributed by atoms with Crippen LogP contribution in [0.25, 0.3) is 0 Å². The van der Waals surface area contributed by atoms with Crippen LogP contribution in [-0.2, 0) is 6.54 Å². The van der Waals surface area contributed by atoms with E-state index in [0.717, 1.165) is 17.2 Å². The minimum absolute atomic E-state index is 0.634. The maximum Gasteiger partial charge on any atom is 0.132 e. The fourth-order valence-electron chi connectivity index (χ4n) is 2.28. The first-order valence-corrected chi connectivity index (χ1v) is 6.28. The minimum Gasteiger partial charge on any atom is -0.388 e. The summed E-state index contributed by atoms with van der Waals surface area (Å²) in [4.78, 5) is 2.48. The molecule has 1 aromatic rings. The highest BCUT2D eigenvalue weighted by Gasteiger charge is 2.25. The first-order valence-electron chi connectivity index (χ1n) is 5.51. The van der Waals surface area contributed by atoms with Crippen LogP contribution in [-0.4, -0.2) is 26.6 Å². The van der Waals surface area contributed by atoms with E-state index in [0.29, 0.717) is 12.1 Å². The molecule has 4 nitrogen and oxygen atoms in total. The predicted molar refractivity (Wildman–Crippen MR) is 62.6 cm³/mol. The van der Waals surface area contributed by atoms with Crippen LogP contribution in [0.15, 0.2) is 0 Å². The van der Waals surface area contributed by atoms with Gasteiger partial charge >= 0.3 is 0 Å². The van der Waals surface area contributed by atoms with Crippen LogP contribution >= 0.6 is 11.5 Å². The molecule has 0 saturated carbocycles. The molecule has 2 heterocycles. The standard InChI is InChI=1S/C10H18N4S/c1-7-4-3-5-8(2)14(7)6-9-10(11)15-13-12-9/h7-8H,3-6,11H2,1-2H3/t7-,8+. The van der Waals surface area contributed by atoms with Crippen molar-refractivity contribution in [2.75, 3.05) is 5.73 Å². The van der Waals surface area contributed by atoms with Crippen molar-refractivity contribution in [2.45, 2.75) is 51.7 Å². The Kier molecular flexibility index (Phi) is 3.21. The zero-order valence-corrected chi connectivity index (χ0v) is 10.1. The summed E-state index contributed by atoms with van der Waals surface area (Å²) < 4.78 is 3.88. The summed E-state index contributed by atoms with van der Waals surface area (Å²) in [6.45, 7) is 5.42. The first-order chi connectivity index (χ1) is 7.18. The van der Waals surface area contributed by atoms with E-state index in [1.54, 1.807) is 0 Å². The van der Waals surface area contributed by atoms with E-state index >= 15 is 0 Å². The third-order valence-electron chi connectivity index (χ3n) is 3.29. The summed E-state index contributed by atoms with van der Waals surface area (Å²) >= 11 is 1.29. The van der Waals surface area contributed by atoms with Crippen molar-refractivity contribution < 1.29 is 0 Å². The monoisotopic (exact) mass is 226 g/mol. The Hall–Kier alpha value is -0.680. The number of nitrogen functional groups attached to an aromatic ring is 1. The summed E-state index contributed by atoms with van der Waals surface area (Å²) in [5.74, 6) is 0. The molecule has 5 heteroatoms. The number of hydrogen-bond acceptors (Lipinski definition) is 5. The largest absolute Gasteiger partial charge is 0.388 e. The Balaban J connectivity index is 2.06. The highest BCUT2D eigenvalue weighted by molar-refractivity contribution is 7.09. The summed E-state index contributed by atoms with van der Waals surface area (Å²) in [7, 11) is 0. The number of nitrogens with zero attached hydrogens (tertiary/aromatic N) is 3. The van der Waals surface area contributed by atoms with E-state index < -0.39 is 0 Å². The molecule has 15 heavy (non-hydrogen) atoms. The Bertz CT molecular complexity index is 315. The maximum atomic E-state index is 5.82. The molecule has 1 fully saturated rings. The molecular weight excluding hydrogens is 208 g/mol. The second-order valence-electron chi connectivity index (χ2n) is 4.39. The lowest BCUT2D eigenvalue weighted by Crippen LogP contribution is -2.43. The maximum absolute atomic E-state index is 5.82. The van der Waals surface area contributed by atoms with E-state index in [2.05, 4.69) is 28.3 Å². The molecule has 0 aromatic carbocycles. The Morgan fingerprint density at radius 3 is 2.60 bits per heavy atom. The number of rotatable bonds is 2. The number of aromatic nitrogens is 2. The van der Waals surface area contributed by atoms with Gasteiger partial charge in [-0.05, 0) is 26.7 Å². The fraction of sp³-hybridized carbons (Fsp3) is 0.800. The number of piperidine rings is 1. The van der Waals surface area contributed by atoms with Gasteiger partial charge in [0.15, 0.2) is 0 Å². The predicted octanol–water partition coefficient (Wildman–Crippen LogP) is 1.88. The van der Waals surface area contributed by atoms with Crippen molar-refractivity contribution in [3.8, 4) is 0 Å². The Morgan fingerprint density at radius 2 is 2.07 bits per heavy atom. The fourth-order valence-corrected chi connectivity index (χ4v) is 2.72. The summed E-state index contributed by atoms with van der Waals surface area (Å²) in [5, 5.41) is 4.84. The molecule has 0 spiro atoms. The van der Waals surface area contributed by atoms with E-state index in [4.69, 9.17) is 5.73 Å². The van der Waals surface area contributed by atoms with Crippen molar-refractivity contribution in [1.82, 2.24) is 14.5 Å². The van der Waals surface area contributed by atoms with Crippen LogP contribution in [0.1, 0.15) is 38.8 Å². The molecule has 0 radical (unpaired) electrons. The van der Waals surface area contributed by atoms with Gasteiger partial charge in [0.1, 0.15) is 10.7 Å². The summed E-state index contributed by atoms with van der Waals surface area (Å²) in [6.07, 6.45) is 3.90. The van der Waals surface area contributed by atoms with Gasteiger partial charge in [0.25, 0.3) is 0 Å². The molecule has 0 amide bonds. The van der Waals surface area contributed by atoms with Gasteiger partial charge in [-0.2, -0.15) is 0 Å². The van der Waals surface area contributed by atoms with E-state index in [1.807, 2.05) is 0 Å². The topological polar surface area (TPSA) is 55.0 Å². The molecule has 2 rings (SSSR count). The molecule has 1 aromatic heterocycles. The van der Waals surface area contributed by atoms with E-state index in [1.165, 1.54) is 30.8 Å². The zero-order chi connectivity index (χ0) is 10.8. The average Bonchev–Trinajstić information content (AvgIpc) is 2.58. The van der Waals surface area contributed by atoms with E-state index in [-0.39, 0.29) is 0 Å². The SMILES string of the molecule is C[C@@H]1CCC[C@H](C)N1Cc1nnsc1N. The second kappa shape index (κ2) is 4.45. The van der Waals surface area contributed by atoms with Crippen LogP contribution in [0.5, 0.6) is 0 Å². The minimum atomic E-state index is 0.634. The van der Waals surface area contributed by atoms with Gasteiger partial charge < -0.3 is 5.73 Å².